The molecule has 1 aromatic carbocycles. The van der Waals surface area contributed by atoms with Crippen molar-refractivity contribution in [3.63, 3.8) is 0 Å². The molecule has 124 valence electrons. The summed E-state index contributed by atoms with van der Waals surface area (Å²) in [6.07, 6.45) is 5.11. The van der Waals surface area contributed by atoms with Crippen molar-refractivity contribution in [3.8, 4) is 0 Å². The van der Waals surface area contributed by atoms with Crippen LogP contribution in [0.15, 0.2) is 48.7 Å². The molecule has 4 rings (SSSR count). The van der Waals surface area contributed by atoms with Gasteiger partial charge < -0.3 is 10.2 Å². The van der Waals surface area contributed by atoms with Gasteiger partial charge in [0, 0.05) is 18.4 Å². The fourth-order valence-electron chi connectivity index (χ4n) is 4.15. The quantitative estimate of drug-likeness (QED) is 0.913. The smallest absolute Gasteiger partial charge is 0.318 e. The first-order valence-electron chi connectivity index (χ1n) is 8.80. The number of rotatable bonds is 2. The van der Waals surface area contributed by atoms with E-state index in [0.29, 0.717) is 5.92 Å². The number of carbonyl (C=O) groups is 1. The molecule has 4 heteroatoms. The van der Waals surface area contributed by atoms with E-state index in [9.17, 15) is 4.79 Å². The second-order valence-corrected chi connectivity index (χ2v) is 6.85. The van der Waals surface area contributed by atoms with Crippen molar-refractivity contribution in [1.29, 1.82) is 0 Å². The standard InChI is InChI=1S/C20H23N3O/c1-14(15-6-3-2-4-7-15)22-20(24)23-13-11-16-9-10-18-17(19(16)23)8-5-12-21-18/h2-8,12,14,16,19H,9-11,13H2,1H3,(H,22,24)/t14-,16?,19?/m0/s1. The van der Waals surface area contributed by atoms with E-state index in [1.165, 1.54) is 5.56 Å². The van der Waals surface area contributed by atoms with Gasteiger partial charge in [0.1, 0.15) is 0 Å². The molecule has 2 aromatic rings. The average Bonchev–Trinajstić information content (AvgIpc) is 3.07. The summed E-state index contributed by atoms with van der Waals surface area (Å²) in [5.74, 6) is 0.569. The van der Waals surface area contributed by atoms with Gasteiger partial charge in [0.2, 0.25) is 0 Å². The zero-order chi connectivity index (χ0) is 16.5. The number of carbonyl (C=O) groups excluding carboxylic acids is 1. The molecule has 1 saturated heterocycles. The minimum atomic E-state index is 0.00899. The van der Waals surface area contributed by atoms with Crippen molar-refractivity contribution in [2.75, 3.05) is 6.54 Å². The summed E-state index contributed by atoms with van der Waals surface area (Å²) in [6.45, 7) is 2.87. The molecule has 0 saturated carbocycles. The first kappa shape index (κ1) is 15.2. The predicted molar refractivity (Wildman–Crippen MR) is 93.5 cm³/mol. The zero-order valence-corrected chi connectivity index (χ0v) is 14.0. The van der Waals surface area contributed by atoms with Crippen LogP contribution in [0, 0.1) is 5.92 Å². The van der Waals surface area contributed by atoms with Gasteiger partial charge in [0.05, 0.1) is 12.1 Å². The van der Waals surface area contributed by atoms with Gasteiger partial charge in [0.15, 0.2) is 0 Å². The molecule has 3 atom stereocenters. The molecule has 2 heterocycles. The molecule has 2 amide bonds. The van der Waals surface area contributed by atoms with Crippen LogP contribution in [0.4, 0.5) is 4.79 Å². The Hall–Kier alpha value is -2.36. The monoisotopic (exact) mass is 321 g/mol. The zero-order valence-electron chi connectivity index (χ0n) is 14.0. The molecule has 24 heavy (non-hydrogen) atoms. The van der Waals surface area contributed by atoms with Gasteiger partial charge in [-0.25, -0.2) is 4.79 Å². The third-order valence-corrected chi connectivity index (χ3v) is 5.42. The third-order valence-electron chi connectivity index (χ3n) is 5.42. The van der Waals surface area contributed by atoms with E-state index in [4.69, 9.17) is 0 Å². The van der Waals surface area contributed by atoms with Crippen molar-refractivity contribution >= 4 is 6.03 Å². The largest absolute Gasteiger partial charge is 0.331 e. The topological polar surface area (TPSA) is 45.2 Å². The molecule has 1 aliphatic carbocycles. The van der Waals surface area contributed by atoms with E-state index in [-0.39, 0.29) is 18.1 Å². The Morgan fingerprint density at radius 3 is 2.88 bits per heavy atom. The molecule has 1 aliphatic heterocycles. The molecular formula is C20H23N3O. The second kappa shape index (κ2) is 6.27. The highest BCUT2D eigenvalue weighted by molar-refractivity contribution is 5.76. The minimum Gasteiger partial charge on any atom is -0.331 e. The summed E-state index contributed by atoms with van der Waals surface area (Å²) in [5.41, 5.74) is 3.54. The van der Waals surface area contributed by atoms with Crippen molar-refractivity contribution in [2.24, 2.45) is 5.92 Å². The minimum absolute atomic E-state index is 0.00899. The summed E-state index contributed by atoms with van der Waals surface area (Å²) >= 11 is 0. The second-order valence-electron chi connectivity index (χ2n) is 6.85. The molecule has 2 unspecified atom stereocenters. The number of aromatic nitrogens is 1. The van der Waals surface area contributed by atoms with Gasteiger partial charge in [0.25, 0.3) is 0 Å². The summed E-state index contributed by atoms with van der Waals surface area (Å²) in [4.78, 5) is 19.4. The van der Waals surface area contributed by atoms with Gasteiger partial charge in [-0.15, -0.1) is 0 Å². The lowest BCUT2D eigenvalue weighted by atomic mass is 9.82. The molecule has 0 bridgehead atoms. The summed E-state index contributed by atoms with van der Waals surface area (Å²) in [5, 5.41) is 3.17. The highest BCUT2D eigenvalue weighted by Gasteiger charge is 2.41. The number of nitrogens with one attached hydrogen (secondary N) is 1. The Morgan fingerprint density at radius 1 is 1.21 bits per heavy atom. The highest BCUT2D eigenvalue weighted by atomic mass is 16.2. The van der Waals surface area contributed by atoms with Crippen LogP contribution in [-0.2, 0) is 6.42 Å². The fourth-order valence-corrected chi connectivity index (χ4v) is 4.15. The first-order valence-corrected chi connectivity index (χ1v) is 8.80. The predicted octanol–water partition coefficient (Wildman–Crippen LogP) is 3.86. The summed E-state index contributed by atoms with van der Waals surface area (Å²) < 4.78 is 0. The molecule has 4 nitrogen and oxygen atoms in total. The van der Waals surface area contributed by atoms with Gasteiger partial charge in [-0.2, -0.15) is 0 Å². The lowest BCUT2D eigenvalue weighted by Gasteiger charge is -2.33. The van der Waals surface area contributed by atoms with Gasteiger partial charge in [-0.1, -0.05) is 36.4 Å². The Labute approximate surface area is 142 Å². The number of hydrogen-bond donors (Lipinski definition) is 1. The Kier molecular flexibility index (Phi) is 3.97. The van der Waals surface area contributed by atoms with E-state index in [1.54, 1.807) is 0 Å². The molecule has 1 fully saturated rings. The van der Waals surface area contributed by atoms with Crippen LogP contribution in [0.25, 0.3) is 0 Å². The Morgan fingerprint density at radius 2 is 2.04 bits per heavy atom. The fraction of sp³-hybridized carbons (Fsp3) is 0.400. The van der Waals surface area contributed by atoms with Crippen LogP contribution >= 0.6 is 0 Å². The van der Waals surface area contributed by atoms with Crippen LogP contribution in [0.5, 0.6) is 0 Å². The Bertz CT molecular complexity index is 731. The lowest BCUT2D eigenvalue weighted by molar-refractivity contribution is 0.178. The van der Waals surface area contributed by atoms with Crippen molar-refractivity contribution in [2.45, 2.75) is 38.3 Å². The molecule has 0 spiro atoms. The van der Waals surface area contributed by atoms with Crippen molar-refractivity contribution in [1.82, 2.24) is 15.2 Å². The summed E-state index contributed by atoms with van der Waals surface area (Å²) in [7, 11) is 0. The highest BCUT2D eigenvalue weighted by Crippen LogP contribution is 2.44. The molecule has 1 aromatic heterocycles. The average molecular weight is 321 g/mol. The third kappa shape index (κ3) is 2.66. The molecule has 2 aliphatic rings. The van der Waals surface area contributed by atoms with Crippen molar-refractivity contribution in [3.05, 3.63) is 65.5 Å². The van der Waals surface area contributed by atoms with Gasteiger partial charge in [-0.3, -0.25) is 4.98 Å². The maximum atomic E-state index is 12.9. The van der Waals surface area contributed by atoms with Crippen LogP contribution in [0.1, 0.15) is 48.7 Å². The number of benzene rings is 1. The van der Waals surface area contributed by atoms with Gasteiger partial charge in [-0.05, 0) is 49.3 Å². The molecule has 1 N–H and O–H groups in total. The number of hydrogen-bond acceptors (Lipinski definition) is 2. The number of urea groups is 1. The summed E-state index contributed by atoms with van der Waals surface area (Å²) in [6, 6.07) is 14.5. The molecular weight excluding hydrogens is 298 g/mol. The SMILES string of the molecule is C[C@H](NC(=O)N1CCC2CCc3ncccc3C21)c1ccccc1. The van der Waals surface area contributed by atoms with Crippen molar-refractivity contribution < 1.29 is 4.79 Å². The number of pyridine rings is 1. The Balaban J connectivity index is 1.53. The normalized spacial score (nSPS) is 23.3. The van der Waals surface area contributed by atoms with Crippen LogP contribution in [0.3, 0.4) is 0 Å². The lowest BCUT2D eigenvalue weighted by Crippen LogP contribution is -2.42. The number of fused-ring (bicyclic) bond motifs is 3. The van der Waals surface area contributed by atoms with Crippen LogP contribution < -0.4 is 5.32 Å². The maximum Gasteiger partial charge on any atom is 0.318 e. The maximum absolute atomic E-state index is 12.9. The van der Waals surface area contributed by atoms with Crippen LogP contribution in [0.2, 0.25) is 0 Å². The number of nitrogens with zero attached hydrogens (tertiary/aromatic N) is 2. The first-order chi connectivity index (χ1) is 11.7. The molecule has 0 radical (unpaired) electrons. The van der Waals surface area contributed by atoms with E-state index >= 15 is 0 Å². The van der Waals surface area contributed by atoms with E-state index in [2.05, 4.69) is 28.5 Å². The van der Waals surface area contributed by atoms with E-state index in [0.717, 1.165) is 37.1 Å². The number of amides is 2. The van der Waals surface area contributed by atoms with Gasteiger partial charge >= 0.3 is 6.03 Å². The van der Waals surface area contributed by atoms with E-state index in [1.807, 2.05) is 42.3 Å². The number of likely N-dealkylation sites (tertiary alicyclic amines) is 1. The van der Waals surface area contributed by atoms with E-state index < -0.39 is 0 Å². The number of aryl methyl sites for hydroxylation is 1. The van der Waals surface area contributed by atoms with Crippen LogP contribution in [-0.4, -0.2) is 22.5 Å².